The molecule has 1 aliphatic carbocycles. The molecule has 0 radical (unpaired) electrons. The van der Waals surface area contributed by atoms with Gasteiger partial charge >= 0.3 is 0 Å². The molecule has 1 aromatic rings. The van der Waals surface area contributed by atoms with E-state index >= 15 is 0 Å². The number of carbonyl (C=O) groups is 1. The van der Waals surface area contributed by atoms with E-state index in [0.29, 0.717) is 18.5 Å². The van der Waals surface area contributed by atoms with E-state index in [1.807, 2.05) is 6.07 Å². The van der Waals surface area contributed by atoms with Gasteiger partial charge in [0.1, 0.15) is 0 Å². The second-order valence-electron chi connectivity index (χ2n) is 7.08. The van der Waals surface area contributed by atoms with Crippen LogP contribution in [0.5, 0.6) is 0 Å². The maximum atomic E-state index is 13.3. The third-order valence-electron chi connectivity index (χ3n) is 5.17. The Bertz CT molecular complexity index is 621. The van der Waals surface area contributed by atoms with Crippen molar-refractivity contribution in [3.8, 4) is 0 Å². The first-order chi connectivity index (χ1) is 11.8. The number of halogens is 2. The molecule has 1 aromatic carbocycles. The van der Waals surface area contributed by atoms with Crippen LogP contribution in [0, 0.1) is 0 Å². The number of piperazine rings is 1. The highest BCUT2D eigenvalue weighted by molar-refractivity contribution is 5.93. The Labute approximate surface area is 146 Å². The van der Waals surface area contributed by atoms with Crippen molar-refractivity contribution in [2.45, 2.75) is 37.6 Å². The lowest BCUT2D eigenvalue weighted by Gasteiger charge is -2.35. The first-order valence-corrected chi connectivity index (χ1v) is 8.77. The first kappa shape index (κ1) is 17.9. The molecule has 2 fully saturated rings. The number of hydrogen-bond acceptors (Lipinski definition) is 5. The van der Waals surface area contributed by atoms with Crippen molar-refractivity contribution in [3.63, 3.8) is 0 Å². The molecular formula is C18H24F2N3O2-. The van der Waals surface area contributed by atoms with Crippen molar-refractivity contribution in [1.82, 2.24) is 4.90 Å². The second kappa shape index (κ2) is 7.15. The van der Waals surface area contributed by atoms with E-state index in [1.54, 1.807) is 12.1 Å². The van der Waals surface area contributed by atoms with Gasteiger partial charge in [-0.2, -0.15) is 0 Å². The number of nitrogens with one attached hydrogen (secondary N) is 1. The number of aromatic carboxylic acids is 1. The highest BCUT2D eigenvalue weighted by atomic mass is 19.3. The lowest BCUT2D eigenvalue weighted by molar-refractivity contribution is -0.254. The van der Waals surface area contributed by atoms with Gasteiger partial charge in [-0.3, -0.25) is 0 Å². The monoisotopic (exact) mass is 352 g/mol. The number of carboxylic acid groups (broad SMARTS) is 1. The summed E-state index contributed by atoms with van der Waals surface area (Å²) in [6.45, 7) is 3.64. The predicted octanol–water partition coefficient (Wildman–Crippen LogP) is 1.79. The molecule has 0 atom stereocenters. The Kier molecular flexibility index (Phi) is 5.13. The molecule has 1 aliphatic heterocycles. The van der Waals surface area contributed by atoms with Gasteiger partial charge in [0.05, 0.1) is 5.97 Å². The quantitative estimate of drug-likeness (QED) is 0.895. The van der Waals surface area contributed by atoms with E-state index in [2.05, 4.69) is 22.2 Å². The van der Waals surface area contributed by atoms with Crippen LogP contribution in [-0.4, -0.2) is 56.1 Å². The topological polar surface area (TPSA) is 58.6 Å². The minimum Gasteiger partial charge on any atom is -0.545 e. The molecule has 0 unspecified atom stereocenters. The van der Waals surface area contributed by atoms with Crippen LogP contribution in [0.25, 0.3) is 0 Å². The Hall–Kier alpha value is -1.89. The van der Waals surface area contributed by atoms with Crippen LogP contribution in [0.1, 0.15) is 36.0 Å². The summed E-state index contributed by atoms with van der Waals surface area (Å²) in [6, 6.07) is 5.00. The number of anilines is 2. The van der Waals surface area contributed by atoms with E-state index in [4.69, 9.17) is 0 Å². The SMILES string of the molecule is CN1CCN(c2ccc(C(=O)[O-])c(NC3CCC(F)(F)CC3)c2)CC1. The molecule has 1 saturated heterocycles. The highest BCUT2D eigenvalue weighted by Crippen LogP contribution is 2.35. The standard InChI is InChI=1S/C18H25F2N3O2/c1-22-8-10-23(11-9-22)14-2-3-15(17(24)25)16(12-14)21-13-4-6-18(19,20)7-5-13/h2-3,12-13,21H,4-11H2,1H3,(H,24,25)/p-1. The predicted molar refractivity (Wildman–Crippen MR) is 91.3 cm³/mol. The number of carbonyl (C=O) groups excluding carboxylic acids is 1. The molecule has 1 N–H and O–H groups in total. The van der Waals surface area contributed by atoms with Crippen LogP contribution in [0.15, 0.2) is 18.2 Å². The van der Waals surface area contributed by atoms with Gasteiger partial charge in [-0.15, -0.1) is 0 Å². The van der Waals surface area contributed by atoms with Crippen LogP contribution in [0.4, 0.5) is 20.2 Å². The van der Waals surface area contributed by atoms with Crippen LogP contribution in [0.3, 0.4) is 0 Å². The third kappa shape index (κ3) is 4.39. The normalized spacial score (nSPS) is 22.0. The van der Waals surface area contributed by atoms with Gasteiger partial charge in [-0.25, -0.2) is 8.78 Å². The lowest BCUT2D eigenvalue weighted by atomic mass is 9.92. The van der Waals surface area contributed by atoms with Crippen molar-refractivity contribution < 1.29 is 18.7 Å². The van der Waals surface area contributed by atoms with Gasteiger partial charge in [0.2, 0.25) is 5.92 Å². The molecule has 0 aromatic heterocycles. The van der Waals surface area contributed by atoms with Crippen LogP contribution >= 0.6 is 0 Å². The largest absolute Gasteiger partial charge is 0.545 e. The molecule has 3 rings (SSSR count). The molecular weight excluding hydrogens is 328 g/mol. The van der Waals surface area contributed by atoms with E-state index in [1.165, 1.54) is 0 Å². The average Bonchev–Trinajstić information content (AvgIpc) is 2.57. The fourth-order valence-electron chi connectivity index (χ4n) is 3.50. The lowest BCUT2D eigenvalue weighted by Crippen LogP contribution is -2.44. The van der Waals surface area contributed by atoms with E-state index in [9.17, 15) is 18.7 Å². The summed E-state index contributed by atoms with van der Waals surface area (Å²) in [4.78, 5) is 15.9. The maximum Gasteiger partial charge on any atom is 0.248 e. The summed E-state index contributed by atoms with van der Waals surface area (Å²) in [5.41, 5.74) is 1.49. The van der Waals surface area contributed by atoms with Crippen molar-refractivity contribution in [2.24, 2.45) is 0 Å². The smallest absolute Gasteiger partial charge is 0.248 e. The molecule has 138 valence electrons. The van der Waals surface area contributed by atoms with Gasteiger partial charge in [0.15, 0.2) is 0 Å². The molecule has 5 nitrogen and oxygen atoms in total. The van der Waals surface area contributed by atoms with Gasteiger partial charge in [-0.1, -0.05) is 0 Å². The van der Waals surface area contributed by atoms with Crippen molar-refractivity contribution in [2.75, 3.05) is 43.4 Å². The minimum atomic E-state index is -2.60. The molecule has 0 amide bonds. The van der Waals surface area contributed by atoms with E-state index < -0.39 is 11.9 Å². The number of nitrogens with zero attached hydrogens (tertiary/aromatic N) is 2. The van der Waals surface area contributed by atoms with Gasteiger partial charge in [0, 0.05) is 62.0 Å². The Morgan fingerprint density at radius 1 is 1.20 bits per heavy atom. The maximum absolute atomic E-state index is 13.3. The average molecular weight is 352 g/mol. The zero-order chi connectivity index (χ0) is 18.0. The summed E-state index contributed by atoms with van der Waals surface area (Å²) < 4.78 is 26.6. The van der Waals surface area contributed by atoms with Crippen LogP contribution in [-0.2, 0) is 0 Å². The molecule has 0 spiro atoms. The van der Waals surface area contributed by atoms with Crippen LogP contribution < -0.4 is 15.3 Å². The number of benzene rings is 1. The van der Waals surface area contributed by atoms with Crippen molar-refractivity contribution in [1.29, 1.82) is 0 Å². The van der Waals surface area contributed by atoms with Gasteiger partial charge in [0.25, 0.3) is 0 Å². The Morgan fingerprint density at radius 3 is 2.44 bits per heavy atom. The number of likely N-dealkylation sites (N-methyl/N-ethyl adjacent to an activating group) is 1. The van der Waals surface area contributed by atoms with Gasteiger partial charge in [-0.05, 0) is 38.1 Å². The summed E-state index contributed by atoms with van der Waals surface area (Å²) in [5.74, 6) is -3.86. The molecule has 25 heavy (non-hydrogen) atoms. The fraction of sp³-hybridized carbons (Fsp3) is 0.611. The summed E-state index contributed by atoms with van der Waals surface area (Å²) >= 11 is 0. The molecule has 0 bridgehead atoms. The Balaban J connectivity index is 1.76. The fourth-order valence-corrected chi connectivity index (χ4v) is 3.50. The molecule has 2 aliphatic rings. The van der Waals surface area contributed by atoms with Crippen molar-refractivity contribution >= 4 is 17.3 Å². The number of rotatable bonds is 4. The number of carboxylic acids is 1. The highest BCUT2D eigenvalue weighted by Gasteiger charge is 2.35. The molecule has 1 saturated carbocycles. The van der Waals surface area contributed by atoms with Gasteiger partial charge < -0.3 is 25.0 Å². The summed E-state index contributed by atoms with van der Waals surface area (Å²) in [7, 11) is 2.07. The Morgan fingerprint density at radius 2 is 1.84 bits per heavy atom. The molecule has 1 heterocycles. The minimum absolute atomic E-state index is 0.0789. The van der Waals surface area contributed by atoms with E-state index in [-0.39, 0.29) is 24.4 Å². The number of alkyl halides is 2. The van der Waals surface area contributed by atoms with Crippen LogP contribution in [0.2, 0.25) is 0 Å². The van der Waals surface area contributed by atoms with Crippen molar-refractivity contribution in [3.05, 3.63) is 23.8 Å². The third-order valence-corrected chi connectivity index (χ3v) is 5.17. The summed E-state index contributed by atoms with van der Waals surface area (Å²) in [6.07, 6.45) is 0.337. The zero-order valence-corrected chi connectivity index (χ0v) is 14.4. The molecule has 7 heteroatoms. The first-order valence-electron chi connectivity index (χ1n) is 8.77. The number of hydrogen-bond donors (Lipinski definition) is 1. The summed E-state index contributed by atoms with van der Waals surface area (Å²) in [5, 5.41) is 14.6. The second-order valence-corrected chi connectivity index (χ2v) is 7.08. The van der Waals surface area contributed by atoms with E-state index in [0.717, 1.165) is 31.9 Å². The zero-order valence-electron chi connectivity index (χ0n) is 14.4.